The van der Waals surface area contributed by atoms with E-state index in [2.05, 4.69) is 10.2 Å². The van der Waals surface area contributed by atoms with Gasteiger partial charge in [0, 0.05) is 23.2 Å². The molecule has 0 saturated carbocycles. The molecule has 90 valence electrons. The Hall–Kier alpha value is -1.34. The largest absolute Gasteiger partial charge is 0.434 e. The van der Waals surface area contributed by atoms with Gasteiger partial charge in [0.1, 0.15) is 0 Å². The van der Waals surface area contributed by atoms with Gasteiger partial charge in [-0.05, 0) is 0 Å². The zero-order valence-corrected chi connectivity index (χ0v) is 9.60. The fourth-order valence-corrected chi connectivity index (χ4v) is 1.71. The number of nitrogens with zero attached hydrogens (tertiary/aromatic N) is 3. The summed E-state index contributed by atoms with van der Waals surface area (Å²) in [5.41, 5.74) is 0.284. The van der Waals surface area contributed by atoms with Crippen LogP contribution < -0.4 is 15.4 Å². The van der Waals surface area contributed by atoms with E-state index >= 15 is 0 Å². The molecule has 0 bridgehead atoms. The number of ether oxygens (including phenoxy) is 1. The molecule has 2 heterocycles. The van der Waals surface area contributed by atoms with Gasteiger partial charge in [-0.1, -0.05) is 0 Å². The molecule has 1 aliphatic rings. The molecule has 16 heavy (non-hydrogen) atoms. The molecular formula is C9H17N4O3+. The lowest BCUT2D eigenvalue weighted by atomic mass is 10.3. The average Bonchev–Trinajstić information content (AvgIpc) is 2.62. The monoisotopic (exact) mass is 229 g/mol. The van der Waals surface area contributed by atoms with Crippen molar-refractivity contribution in [1.82, 2.24) is 10.2 Å². The van der Waals surface area contributed by atoms with Gasteiger partial charge < -0.3 is 4.74 Å². The second kappa shape index (κ2) is 4.67. The van der Waals surface area contributed by atoms with Crippen LogP contribution in [0.3, 0.4) is 0 Å². The van der Waals surface area contributed by atoms with E-state index in [0.717, 1.165) is 26.3 Å². The van der Waals surface area contributed by atoms with Crippen LogP contribution in [0, 0.1) is 0 Å². The molecule has 1 aromatic heterocycles. The van der Waals surface area contributed by atoms with Gasteiger partial charge in [0.2, 0.25) is 0 Å². The first kappa shape index (κ1) is 11.2. The van der Waals surface area contributed by atoms with Gasteiger partial charge in [-0.25, -0.2) is 4.79 Å². The Balaban J connectivity index is 2.13. The molecule has 1 aliphatic heterocycles. The Kier molecular flexibility index (Phi) is 3.25. The van der Waals surface area contributed by atoms with Crippen LogP contribution in [-0.2, 0) is 11.3 Å². The van der Waals surface area contributed by atoms with Gasteiger partial charge in [-0.2, -0.15) is 5.01 Å². The fourth-order valence-electron chi connectivity index (χ4n) is 1.71. The molecule has 1 saturated heterocycles. The van der Waals surface area contributed by atoms with Gasteiger partial charge in [0.25, 0.3) is 0 Å². The minimum atomic E-state index is -0.319. The van der Waals surface area contributed by atoms with Crippen molar-refractivity contribution in [3.63, 3.8) is 0 Å². The van der Waals surface area contributed by atoms with Gasteiger partial charge in [0.05, 0.1) is 33.9 Å². The second-order valence-corrected chi connectivity index (χ2v) is 3.98. The van der Waals surface area contributed by atoms with Crippen LogP contribution in [0.1, 0.15) is 5.69 Å². The fraction of sp³-hybridized carbons (Fsp3) is 0.778. The van der Waals surface area contributed by atoms with Gasteiger partial charge in [0.15, 0.2) is 0 Å². The maximum Gasteiger partial charge on any atom is 0.434 e. The molecule has 0 amide bonds. The predicted molar refractivity (Wildman–Crippen MR) is 55.7 cm³/mol. The van der Waals surface area contributed by atoms with E-state index in [1.165, 1.54) is 0 Å². The molecule has 0 atom stereocenters. The summed E-state index contributed by atoms with van der Waals surface area (Å²) in [7, 11) is 3.68. The Morgan fingerprint density at radius 3 is 2.75 bits per heavy atom. The van der Waals surface area contributed by atoms with E-state index in [-0.39, 0.29) is 5.63 Å². The lowest BCUT2D eigenvalue weighted by Crippen LogP contribution is -2.58. The molecule has 0 unspecified atom stereocenters. The Morgan fingerprint density at radius 1 is 1.44 bits per heavy atom. The molecule has 0 spiro atoms. The van der Waals surface area contributed by atoms with Crippen LogP contribution in [0.25, 0.3) is 0 Å². The minimum absolute atomic E-state index is 0.319. The Labute approximate surface area is 93.1 Å². The molecule has 0 aliphatic carbocycles. The number of aromatic nitrogens is 2. The number of hydrogen-bond donors (Lipinski definition) is 1. The maximum absolute atomic E-state index is 11.5. The van der Waals surface area contributed by atoms with Crippen molar-refractivity contribution in [2.24, 2.45) is 0 Å². The predicted octanol–water partition coefficient (Wildman–Crippen LogP) is -1.71. The van der Waals surface area contributed by atoms with Crippen molar-refractivity contribution >= 4 is 0 Å². The van der Waals surface area contributed by atoms with E-state index in [1.54, 1.807) is 9.80 Å². The van der Waals surface area contributed by atoms with Crippen molar-refractivity contribution in [2.45, 2.75) is 6.54 Å². The number of aromatic amines is 1. The van der Waals surface area contributed by atoms with Crippen LogP contribution in [-0.4, -0.2) is 50.6 Å². The Bertz CT molecular complexity index is 392. The van der Waals surface area contributed by atoms with Crippen molar-refractivity contribution in [2.75, 3.05) is 45.4 Å². The van der Waals surface area contributed by atoms with E-state index in [9.17, 15) is 4.79 Å². The van der Waals surface area contributed by atoms with E-state index in [1.807, 2.05) is 14.1 Å². The van der Waals surface area contributed by atoms with Gasteiger partial charge in [-0.15, -0.1) is 0 Å². The van der Waals surface area contributed by atoms with E-state index < -0.39 is 0 Å². The highest BCUT2D eigenvalue weighted by molar-refractivity contribution is 4.84. The number of rotatable bonds is 3. The molecule has 7 heteroatoms. The summed E-state index contributed by atoms with van der Waals surface area (Å²) in [4.78, 5) is 15.3. The second-order valence-electron chi connectivity index (χ2n) is 3.98. The number of H-pyrrole nitrogens is 1. The third kappa shape index (κ3) is 2.25. The molecule has 1 fully saturated rings. The zero-order valence-electron chi connectivity index (χ0n) is 9.60. The zero-order chi connectivity index (χ0) is 11.5. The van der Waals surface area contributed by atoms with Crippen LogP contribution in [0.4, 0.5) is 0 Å². The molecule has 1 aromatic rings. The molecule has 0 aromatic carbocycles. The molecule has 2 rings (SSSR count). The van der Waals surface area contributed by atoms with Crippen molar-refractivity contribution in [3.8, 4) is 0 Å². The van der Waals surface area contributed by atoms with Crippen molar-refractivity contribution < 1.29 is 14.1 Å². The van der Waals surface area contributed by atoms with Crippen LogP contribution in [0.5, 0.6) is 0 Å². The highest BCUT2D eigenvalue weighted by Gasteiger charge is 2.26. The lowest BCUT2D eigenvalue weighted by molar-refractivity contribution is -0.760. The first-order valence-corrected chi connectivity index (χ1v) is 5.28. The van der Waals surface area contributed by atoms with Gasteiger partial charge >= 0.3 is 11.3 Å². The summed E-state index contributed by atoms with van der Waals surface area (Å²) in [5, 5.41) is 4.32. The van der Waals surface area contributed by atoms with Crippen LogP contribution in [0.15, 0.2) is 9.32 Å². The molecule has 7 nitrogen and oxygen atoms in total. The third-order valence-corrected chi connectivity index (χ3v) is 2.59. The first-order chi connectivity index (χ1) is 7.68. The summed E-state index contributed by atoms with van der Waals surface area (Å²) in [6, 6.07) is 0. The Morgan fingerprint density at radius 2 is 2.12 bits per heavy atom. The summed E-state index contributed by atoms with van der Waals surface area (Å²) in [6.45, 7) is 3.71. The number of morpholine rings is 1. The van der Waals surface area contributed by atoms with Crippen molar-refractivity contribution in [1.29, 1.82) is 0 Å². The summed E-state index contributed by atoms with van der Waals surface area (Å²) >= 11 is 0. The molecular weight excluding hydrogens is 212 g/mol. The maximum atomic E-state index is 11.5. The smallest absolute Gasteiger partial charge is 0.379 e. The SMILES string of the molecule is CN(C)[n+]1[nH]oc(=O)c1CN1CCOCC1. The minimum Gasteiger partial charge on any atom is -0.379 e. The standard InChI is InChI=1S/C9H16N4O3/c1-11(2)13-8(9(14)16-10-13)7-12-3-5-15-6-4-12/h3-7H2,1-2H3/p+1. The van der Waals surface area contributed by atoms with Crippen molar-refractivity contribution in [3.05, 3.63) is 16.1 Å². The van der Waals surface area contributed by atoms with Crippen LogP contribution in [0.2, 0.25) is 0 Å². The molecule has 1 N–H and O–H groups in total. The quantitative estimate of drug-likeness (QED) is 0.625. The average molecular weight is 229 g/mol. The van der Waals surface area contributed by atoms with E-state index in [4.69, 9.17) is 9.26 Å². The first-order valence-electron chi connectivity index (χ1n) is 5.28. The van der Waals surface area contributed by atoms with E-state index in [0.29, 0.717) is 12.2 Å². The topological polar surface area (TPSA) is 65.6 Å². The summed E-state index contributed by atoms with van der Waals surface area (Å²) in [5.74, 6) is 0. The van der Waals surface area contributed by atoms with Crippen LogP contribution >= 0.6 is 0 Å². The summed E-state index contributed by atoms with van der Waals surface area (Å²) in [6.07, 6.45) is 0. The summed E-state index contributed by atoms with van der Waals surface area (Å²) < 4.78 is 10.0. The highest BCUT2D eigenvalue weighted by Crippen LogP contribution is 2.00. The number of nitrogens with one attached hydrogen (secondary N) is 1. The normalized spacial score (nSPS) is 17.6. The number of hydrogen-bond acceptors (Lipinski definition) is 5. The molecule has 0 radical (unpaired) electrons. The highest BCUT2D eigenvalue weighted by atomic mass is 16.5. The van der Waals surface area contributed by atoms with Gasteiger partial charge in [-0.3, -0.25) is 9.42 Å². The lowest BCUT2D eigenvalue weighted by Gasteiger charge is -2.24. The third-order valence-electron chi connectivity index (χ3n) is 2.59.